The predicted molar refractivity (Wildman–Crippen MR) is 96.3 cm³/mol. The topological polar surface area (TPSA) is 17.1 Å². The van der Waals surface area contributed by atoms with E-state index in [9.17, 15) is 4.79 Å². The highest BCUT2D eigenvalue weighted by Gasteiger charge is 2.23. The number of rotatable bonds is 12. The molecule has 0 spiro atoms. The van der Waals surface area contributed by atoms with E-state index in [1.165, 1.54) is 57.8 Å². The molecule has 0 bridgehead atoms. The van der Waals surface area contributed by atoms with Gasteiger partial charge >= 0.3 is 0 Å². The summed E-state index contributed by atoms with van der Waals surface area (Å²) in [5.74, 6) is 1.02. The quantitative estimate of drug-likeness (QED) is 0.311. The fourth-order valence-electron chi connectivity index (χ4n) is 3.28. The van der Waals surface area contributed by atoms with Crippen LogP contribution in [0.4, 0.5) is 0 Å². The molecule has 22 heavy (non-hydrogen) atoms. The highest BCUT2D eigenvalue weighted by Crippen LogP contribution is 2.27. The van der Waals surface area contributed by atoms with Gasteiger partial charge in [-0.2, -0.15) is 0 Å². The summed E-state index contributed by atoms with van der Waals surface area (Å²) >= 11 is 0. The van der Waals surface area contributed by atoms with Crippen molar-refractivity contribution in [3.8, 4) is 0 Å². The average Bonchev–Trinajstić information content (AvgIpc) is 2.56. The Morgan fingerprint density at radius 1 is 0.864 bits per heavy atom. The molecule has 1 nitrogen and oxygen atoms in total. The van der Waals surface area contributed by atoms with Gasteiger partial charge in [0.15, 0.2) is 5.78 Å². The summed E-state index contributed by atoms with van der Waals surface area (Å²) in [6, 6.07) is 9.80. The zero-order valence-corrected chi connectivity index (χ0v) is 14.8. The first-order valence-corrected chi connectivity index (χ1v) is 9.29. The SMILES string of the molecule is CCCCCCCCC(CCC)C(C)C(=O)c1ccccc1. The van der Waals surface area contributed by atoms with Gasteiger partial charge in [-0.25, -0.2) is 0 Å². The maximum absolute atomic E-state index is 12.6. The highest BCUT2D eigenvalue weighted by molar-refractivity contribution is 5.97. The number of benzene rings is 1. The van der Waals surface area contributed by atoms with Gasteiger partial charge in [0.1, 0.15) is 0 Å². The number of carbonyl (C=O) groups is 1. The lowest BCUT2D eigenvalue weighted by atomic mass is 9.81. The van der Waals surface area contributed by atoms with Gasteiger partial charge in [-0.15, -0.1) is 0 Å². The molecule has 0 amide bonds. The van der Waals surface area contributed by atoms with Gasteiger partial charge in [-0.05, 0) is 12.3 Å². The second-order valence-corrected chi connectivity index (χ2v) is 6.62. The molecule has 2 atom stereocenters. The average molecular weight is 303 g/mol. The molecule has 1 aromatic rings. The number of carbonyl (C=O) groups excluding carboxylic acids is 1. The molecule has 0 heterocycles. The number of ketones is 1. The lowest BCUT2D eigenvalue weighted by molar-refractivity contribution is 0.0874. The van der Waals surface area contributed by atoms with E-state index in [1.54, 1.807) is 0 Å². The Labute approximate surface area is 137 Å². The Bertz CT molecular complexity index is 396. The monoisotopic (exact) mass is 302 g/mol. The van der Waals surface area contributed by atoms with Crippen molar-refractivity contribution in [2.24, 2.45) is 11.8 Å². The molecule has 0 aromatic heterocycles. The Balaban J connectivity index is 2.45. The van der Waals surface area contributed by atoms with Gasteiger partial charge in [0, 0.05) is 11.5 Å². The minimum absolute atomic E-state index is 0.151. The molecule has 0 aliphatic rings. The Morgan fingerprint density at radius 3 is 2.14 bits per heavy atom. The van der Waals surface area contributed by atoms with Crippen LogP contribution in [0.2, 0.25) is 0 Å². The van der Waals surface area contributed by atoms with Crippen LogP contribution in [0.15, 0.2) is 30.3 Å². The van der Waals surface area contributed by atoms with Crippen LogP contribution in [0.25, 0.3) is 0 Å². The van der Waals surface area contributed by atoms with Gasteiger partial charge in [0.05, 0.1) is 0 Å². The van der Waals surface area contributed by atoms with Crippen LogP contribution in [0, 0.1) is 11.8 Å². The minimum atomic E-state index is 0.151. The van der Waals surface area contributed by atoms with E-state index in [4.69, 9.17) is 0 Å². The highest BCUT2D eigenvalue weighted by atomic mass is 16.1. The third-order valence-corrected chi connectivity index (χ3v) is 4.77. The van der Waals surface area contributed by atoms with E-state index in [2.05, 4.69) is 20.8 Å². The normalized spacial score (nSPS) is 13.8. The fourth-order valence-corrected chi connectivity index (χ4v) is 3.28. The van der Waals surface area contributed by atoms with Crippen molar-refractivity contribution in [2.75, 3.05) is 0 Å². The summed E-state index contributed by atoms with van der Waals surface area (Å²) in [5.41, 5.74) is 0.874. The summed E-state index contributed by atoms with van der Waals surface area (Å²) < 4.78 is 0. The smallest absolute Gasteiger partial charge is 0.165 e. The third-order valence-electron chi connectivity index (χ3n) is 4.77. The van der Waals surface area contributed by atoms with E-state index < -0.39 is 0 Å². The number of unbranched alkanes of at least 4 members (excludes halogenated alkanes) is 5. The van der Waals surface area contributed by atoms with Crippen molar-refractivity contribution < 1.29 is 4.79 Å². The molecule has 0 aliphatic carbocycles. The molecule has 1 aromatic carbocycles. The van der Waals surface area contributed by atoms with Gasteiger partial charge < -0.3 is 0 Å². The molecule has 0 aliphatic heterocycles. The van der Waals surface area contributed by atoms with E-state index in [-0.39, 0.29) is 5.92 Å². The zero-order chi connectivity index (χ0) is 16.2. The van der Waals surface area contributed by atoms with E-state index in [0.29, 0.717) is 11.7 Å². The van der Waals surface area contributed by atoms with Crippen LogP contribution in [-0.4, -0.2) is 5.78 Å². The van der Waals surface area contributed by atoms with Crippen LogP contribution in [0.1, 0.15) is 88.9 Å². The maximum atomic E-state index is 12.6. The fraction of sp³-hybridized carbons (Fsp3) is 0.667. The van der Waals surface area contributed by atoms with Crippen molar-refractivity contribution in [3.63, 3.8) is 0 Å². The van der Waals surface area contributed by atoms with Crippen LogP contribution in [-0.2, 0) is 0 Å². The van der Waals surface area contributed by atoms with Crippen molar-refractivity contribution in [1.29, 1.82) is 0 Å². The molecular weight excluding hydrogens is 268 g/mol. The molecule has 1 heteroatoms. The first-order valence-electron chi connectivity index (χ1n) is 9.29. The second-order valence-electron chi connectivity index (χ2n) is 6.62. The molecule has 1 rings (SSSR count). The molecular formula is C21H34O. The Kier molecular flexibility index (Phi) is 9.86. The summed E-state index contributed by atoms with van der Waals surface area (Å²) in [6.45, 7) is 6.62. The number of hydrogen-bond donors (Lipinski definition) is 0. The number of Topliss-reactive ketones (excluding diaryl/α,β-unsaturated/α-hetero) is 1. The van der Waals surface area contributed by atoms with E-state index in [1.807, 2.05) is 30.3 Å². The first-order chi connectivity index (χ1) is 10.7. The maximum Gasteiger partial charge on any atom is 0.165 e. The molecule has 0 fully saturated rings. The molecule has 0 saturated heterocycles. The van der Waals surface area contributed by atoms with Gasteiger partial charge in [-0.1, -0.05) is 102 Å². The second kappa shape index (κ2) is 11.5. The Hall–Kier alpha value is -1.11. The van der Waals surface area contributed by atoms with Crippen LogP contribution in [0.3, 0.4) is 0 Å². The molecule has 124 valence electrons. The van der Waals surface area contributed by atoms with Crippen molar-refractivity contribution in [2.45, 2.75) is 78.6 Å². The Morgan fingerprint density at radius 2 is 1.50 bits per heavy atom. The summed E-state index contributed by atoms with van der Waals surface area (Å²) in [6.07, 6.45) is 11.6. The first kappa shape index (κ1) is 18.9. The standard InChI is InChI=1S/C21H34O/c1-4-6-7-8-9-11-15-19(14-5-2)18(3)21(22)20-16-12-10-13-17-20/h10,12-13,16-19H,4-9,11,14-15H2,1-3H3. The lowest BCUT2D eigenvalue weighted by Gasteiger charge is -2.23. The van der Waals surface area contributed by atoms with Gasteiger partial charge in [0.25, 0.3) is 0 Å². The van der Waals surface area contributed by atoms with Gasteiger partial charge in [-0.3, -0.25) is 4.79 Å². The van der Waals surface area contributed by atoms with E-state index in [0.717, 1.165) is 5.56 Å². The molecule has 0 N–H and O–H groups in total. The van der Waals surface area contributed by atoms with Crippen molar-refractivity contribution in [1.82, 2.24) is 0 Å². The van der Waals surface area contributed by atoms with Crippen LogP contribution >= 0.6 is 0 Å². The summed E-state index contributed by atoms with van der Waals surface area (Å²) in [4.78, 5) is 12.6. The van der Waals surface area contributed by atoms with Crippen molar-refractivity contribution >= 4 is 5.78 Å². The van der Waals surface area contributed by atoms with Crippen LogP contribution < -0.4 is 0 Å². The van der Waals surface area contributed by atoms with E-state index >= 15 is 0 Å². The number of hydrogen-bond acceptors (Lipinski definition) is 1. The zero-order valence-electron chi connectivity index (χ0n) is 14.8. The minimum Gasteiger partial charge on any atom is -0.294 e. The molecule has 0 radical (unpaired) electrons. The van der Waals surface area contributed by atoms with Gasteiger partial charge in [0.2, 0.25) is 0 Å². The largest absolute Gasteiger partial charge is 0.294 e. The molecule has 2 unspecified atom stereocenters. The summed E-state index contributed by atoms with van der Waals surface area (Å²) in [7, 11) is 0. The summed E-state index contributed by atoms with van der Waals surface area (Å²) in [5, 5.41) is 0. The van der Waals surface area contributed by atoms with Crippen LogP contribution in [0.5, 0.6) is 0 Å². The predicted octanol–water partition coefficient (Wildman–Crippen LogP) is 6.67. The van der Waals surface area contributed by atoms with Crippen molar-refractivity contribution in [3.05, 3.63) is 35.9 Å². The molecule has 0 saturated carbocycles. The third kappa shape index (κ3) is 6.77. The lowest BCUT2D eigenvalue weighted by Crippen LogP contribution is -2.21.